The number of nitrogens with one attached hydrogen (secondary N) is 1. The van der Waals surface area contributed by atoms with Crippen molar-refractivity contribution in [3.63, 3.8) is 0 Å². The maximum Gasteiger partial charge on any atom is 0.325 e. The Hall–Kier alpha value is -3.76. The third-order valence-electron chi connectivity index (χ3n) is 7.44. The minimum atomic E-state index is -3.70. The number of carbonyl (C=O) groups excluding carboxylic acids is 3. The van der Waals surface area contributed by atoms with Crippen LogP contribution in [-0.4, -0.2) is 73.1 Å². The summed E-state index contributed by atoms with van der Waals surface area (Å²) in [6, 6.07) is 17.8. The first-order valence-electron chi connectivity index (χ1n) is 12.5. The van der Waals surface area contributed by atoms with E-state index in [1.165, 1.54) is 9.21 Å². The van der Waals surface area contributed by atoms with Crippen LogP contribution in [-0.2, 0) is 25.2 Å². The van der Waals surface area contributed by atoms with Crippen LogP contribution in [0.2, 0.25) is 0 Å². The molecule has 2 heterocycles. The van der Waals surface area contributed by atoms with Crippen molar-refractivity contribution in [1.82, 2.24) is 19.4 Å². The largest absolute Gasteiger partial charge is 0.338 e. The highest BCUT2D eigenvalue weighted by molar-refractivity contribution is 7.89. The zero-order chi connectivity index (χ0) is 27.2. The summed E-state index contributed by atoms with van der Waals surface area (Å²) in [5.74, 6) is -0.900. The minimum absolute atomic E-state index is 0.134. The second-order valence-corrected chi connectivity index (χ2v) is 11.9. The van der Waals surface area contributed by atoms with E-state index in [1.54, 1.807) is 32.0 Å². The number of imide groups is 1. The Balaban J connectivity index is 1.27. The van der Waals surface area contributed by atoms with E-state index in [2.05, 4.69) is 5.32 Å². The van der Waals surface area contributed by atoms with Crippen molar-refractivity contribution >= 4 is 38.6 Å². The number of rotatable bonds is 5. The summed E-state index contributed by atoms with van der Waals surface area (Å²) >= 11 is 0. The molecule has 198 valence electrons. The first-order chi connectivity index (χ1) is 18.0. The predicted molar refractivity (Wildman–Crippen MR) is 143 cm³/mol. The van der Waals surface area contributed by atoms with Crippen LogP contribution >= 0.6 is 0 Å². The molecule has 2 aliphatic heterocycles. The van der Waals surface area contributed by atoms with E-state index in [1.807, 2.05) is 49.4 Å². The second kappa shape index (κ2) is 9.52. The van der Waals surface area contributed by atoms with Crippen molar-refractivity contribution in [2.45, 2.75) is 31.2 Å². The van der Waals surface area contributed by atoms with Gasteiger partial charge in [-0.1, -0.05) is 60.2 Å². The lowest BCUT2D eigenvalue weighted by molar-refractivity contribution is -0.139. The van der Waals surface area contributed by atoms with Crippen molar-refractivity contribution in [2.24, 2.45) is 0 Å². The highest BCUT2D eigenvalue weighted by Crippen LogP contribution is 2.34. The summed E-state index contributed by atoms with van der Waals surface area (Å²) in [4.78, 5) is 42.2. The zero-order valence-corrected chi connectivity index (χ0v) is 22.4. The fourth-order valence-corrected chi connectivity index (χ4v) is 6.95. The van der Waals surface area contributed by atoms with Crippen molar-refractivity contribution in [3.05, 3.63) is 77.4 Å². The van der Waals surface area contributed by atoms with Gasteiger partial charge in [-0.05, 0) is 48.7 Å². The molecular formula is C28H30N4O5S. The van der Waals surface area contributed by atoms with E-state index >= 15 is 0 Å². The number of piperazine rings is 1. The number of carbonyl (C=O) groups is 3. The number of benzene rings is 3. The van der Waals surface area contributed by atoms with E-state index in [4.69, 9.17) is 0 Å². The van der Waals surface area contributed by atoms with Crippen molar-refractivity contribution in [1.29, 1.82) is 0 Å². The van der Waals surface area contributed by atoms with Crippen LogP contribution in [0, 0.1) is 13.8 Å². The monoisotopic (exact) mass is 534 g/mol. The molecule has 3 aromatic rings. The summed E-state index contributed by atoms with van der Waals surface area (Å²) in [6.07, 6.45) is 0. The highest BCUT2D eigenvalue weighted by Gasteiger charge is 2.50. The Labute approximate surface area is 222 Å². The molecule has 38 heavy (non-hydrogen) atoms. The van der Waals surface area contributed by atoms with Gasteiger partial charge in [0.15, 0.2) is 0 Å². The highest BCUT2D eigenvalue weighted by atomic mass is 32.2. The predicted octanol–water partition coefficient (Wildman–Crippen LogP) is 2.76. The molecule has 0 aromatic heterocycles. The van der Waals surface area contributed by atoms with Crippen molar-refractivity contribution in [2.75, 3.05) is 32.7 Å². The van der Waals surface area contributed by atoms with E-state index in [-0.39, 0.29) is 31.1 Å². The summed E-state index contributed by atoms with van der Waals surface area (Å²) < 4.78 is 27.7. The molecule has 10 heteroatoms. The van der Waals surface area contributed by atoms with Crippen LogP contribution in [0.3, 0.4) is 0 Å². The average Bonchev–Trinajstić information content (AvgIpc) is 3.11. The van der Waals surface area contributed by atoms with Gasteiger partial charge < -0.3 is 10.2 Å². The molecule has 1 atom stereocenters. The van der Waals surface area contributed by atoms with Crippen LogP contribution in [0.4, 0.5) is 4.79 Å². The smallest absolute Gasteiger partial charge is 0.325 e. The maximum absolute atomic E-state index is 13.5. The van der Waals surface area contributed by atoms with Crippen LogP contribution in [0.15, 0.2) is 65.6 Å². The van der Waals surface area contributed by atoms with E-state index in [0.29, 0.717) is 11.1 Å². The van der Waals surface area contributed by atoms with E-state index in [9.17, 15) is 22.8 Å². The summed E-state index contributed by atoms with van der Waals surface area (Å²) in [6.45, 7) is 5.53. The summed E-state index contributed by atoms with van der Waals surface area (Å²) in [5.41, 5.74) is 1.01. The fourth-order valence-electron chi connectivity index (χ4n) is 5.33. The van der Waals surface area contributed by atoms with Gasteiger partial charge >= 0.3 is 6.03 Å². The Bertz CT molecular complexity index is 1560. The molecule has 2 aliphatic rings. The molecule has 0 bridgehead atoms. The van der Waals surface area contributed by atoms with Gasteiger partial charge in [0.25, 0.3) is 5.91 Å². The topological polar surface area (TPSA) is 107 Å². The molecule has 0 spiro atoms. The number of sulfonamides is 1. The lowest BCUT2D eigenvalue weighted by Crippen LogP contribution is -2.53. The lowest BCUT2D eigenvalue weighted by Gasteiger charge is -2.34. The Morgan fingerprint density at radius 2 is 1.63 bits per heavy atom. The molecule has 0 aliphatic carbocycles. The number of hydrogen-bond acceptors (Lipinski definition) is 5. The van der Waals surface area contributed by atoms with E-state index < -0.39 is 40.0 Å². The third-order valence-corrected chi connectivity index (χ3v) is 9.50. The summed E-state index contributed by atoms with van der Waals surface area (Å²) in [7, 11) is -3.70. The van der Waals surface area contributed by atoms with Gasteiger partial charge in [-0.25, -0.2) is 13.2 Å². The number of aryl methyl sites for hydroxylation is 2. The lowest BCUT2D eigenvalue weighted by atomic mass is 9.88. The third kappa shape index (κ3) is 4.33. The molecule has 0 radical (unpaired) electrons. The SMILES string of the molecule is Cc1ccc(S(=O)(=O)N2CCN(C(=O)CN3C(=O)NC(C)(c4cccc5ccccc45)C3=O)CC2)c(C)c1. The molecule has 1 N–H and O–H groups in total. The quantitative estimate of drug-likeness (QED) is 0.507. The molecule has 3 aromatic carbocycles. The van der Waals surface area contributed by atoms with Gasteiger partial charge in [-0.3, -0.25) is 14.5 Å². The molecule has 9 nitrogen and oxygen atoms in total. The molecule has 2 fully saturated rings. The summed E-state index contributed by atoms with van der Waals surface area (Å²) in [5, 5.41) is 4.57. The van der Waals surface area contributed by atoms with Gasteiger partial charge in [-0.2, -0.15) is 4.31 Å². The standard InChI is InChI=1S/C28H30N4O5S/c1-19-11-12-24(20(2)17-19)38(36,37)31-15-13-30(14-16-31)25(33)18-32-26(34)28(3,29-27(32)35)23-10-6-8-21-7-4-5-9-22(21)23/h4-12,17H,13-16,18H2,1-3H3,(H,29,35). The van der Waals surface area contributed by atoms with Gasteiger partial charge in [-0.15, -0.1) is 0 Å². The number of fused-ring (bicyclic) bond motifs is 1. The van der Waals surface area contributed by atoms with E-state index in [0.717, 1.165) is 21.2 Å². The van der Waals surface area contributed by atoms with Crippen molar-refractivity contribution in [3.8, 4) is 0 Å². The first kappa shape index (κ1) is 25.9. The van der Waals surface area contributed by atoms with Gasteiger partial charge in [0.1, 0.15) is 12.1 Å². The molecule has 1 unspecified atom stereocenters. The molecule has 4 amide bonds. The normalized spacial score (nSPS) is 20.7. The zero-order valence-electron chi connectivity index (χ0n) is 21.6. The number of hydrogen-bond donors (Lipinski definition) is 1. The second-order valence-electron chi connectivity index (χ2n) is 10.0. The van der Waals surface area contributed by atoms with Crippen LogP contribution < -0.4 is 5.32 Å². The molecule has 5 rings (SSSR count). The Morgan fingerprint density at radius 3 is 2.34 bits per heavy atom. The Kier molecular flexibility index (Phi) is 6.48. The number of urea groups is 1. The molecule has 2 saturated heterocycles. The average molecular weight is 535 g/mol. The van der Waals surface area contributed by atoms with Crippen LogP contribution in [0.1, 0.15) is 23.6 Å². The van der Waals surface area contributed by atoms with Crippen LogP contribution in [0.25, 0.3) is 10.8 Å². The number of nitrogens with zero attached hydrogens (tertiary/aromatic N) is 3. The van der Waals surface area contributed by atoms with Crippen molar-refractivity contribution < 1.29 is 22.8 Å². The van der Waals surface area contributed by atoms with Gasteiger partial charge in [0.2, 0.25) is 15.9 Å². The maximum atomic E-state index is 13.5. The number of amides is 4. The minimum Gasteiger partial charge on any atom is -0.338 e. The first-order valence-corrected chi connectivity index (χ1v) is 13.9. The molecular weight excluding hydrogens is 504 g/mol. The van der Waals surface area contributed by atoms with Crippen LogP contribution in [0.5, 0.6) is 0 Å². The fraction of sp³-hybridized carbons (Fsp3) is 0.321. The molecule has 0 saturated carbocycles. The van der Waals surface area contributed by atoms with Gasteiger partial charge in [0.05, 0.1) is 4.90 Å². The Morgan fingerprint density at radius 1 is 0.947 bits per heavy atom. The van der Waals surface area contributed by atoms with Gasteiger partial charge in [0, 0.05) is 26.2 Å².